The van der Waals surface area contributed by atoms with Crippen LogP contribution in [0, 0.1) is 3.57 Å². The maximum Gasteiger partial charge on any atom is 0.417 e. The number of hydrogen-bond acceptors (Lipinski definition) is 4. The Balaban J connectivity index is 2.07. The summed E-state index contributed by atoms with van der Waals surface area (Å²) >= 11 is 2.18. The van der Waals surface area contributed by atoms with E-state index in [-0.39, 0.29) is 0 Å². The fraction of sp³-hybridized carbons (Fsp3) is 0. The summed E-state index contributed by atoms with van der Waals surface area (Å²) in [5, 5.41) is 0. The molecule has 0 aliphatic carbocycles. The molecule has 0 saturated heterocycles. The van der Waals surface area contributed by atoms with Crippen molar-refractivity contribution in [3.8, 4) is 11.5 Å². The Bertz CT molecular complexity index is 807. The fourth-order valence-corrected chi connectivity index (χ4v) is 2.22. The molecule has 0 spiro atoms. The molecule has 2 aromatic carbocycles. The van der Waals surface area contributed by atoms with Gasteiger partial charge in [0.2, 0.25) is 0 Å². The van der Waals surface area contributed by atoms with E-state index in [1.54, 1.807) is 12.1 Å². The molecule has 0 saturated carbocycles. The molecule has 1 heterocycles. The molecule has 0 radical (unpaired) electrons. The number of H-pyrrole nitrogens is 1. The quantitative estimate of drug-likeness (QED) is 0.538. The summed E-state index contributed by atoms with van der Waals surface area (Å²) in [6.45, 7) is 0. The van der Waals surface area contributed by atoms with Gasteiger partial charge in [-0.05, 0) is 34.7 Å². The highest BCUT2D eigenvalue weighted by atomic mass is 127. The molecule has 96 valence electrons. The number of nitrogens with one attached hydrogen (secondary N) is 1. The minimum absolute atomic E-state index is 0.412. The van der Waals surface area contributed by atoms with E-state index in [1.165, 1.54) is 0 Å². The van der Waals surface area contributed by atoms with E-state index >= 15 is 0 Å². The first-order valence-electron chi connectivity index (χ1n) is 5.48. The first-order chi connectivity index (χ1) is 9.13. The van der Waals surface area contributed by atoms with Crippen LogP contribution in [-0.2, 0) is 0 Å². The third-order valence-electron chi connectivity index (χ3n) is 2.61. The second-order valence-corrected chi connectivity index (χ2v) is 5.10. The van der Waals surface area contributed by atoms with Gasteiger partial charge < -0.3 is 14.9 Å². The normalized spacial score (nSPS) is 10.8. The third-order valence-corrected chi connectivity index (χ3v) is 3.50. The van der Waals surface area contributed by atoms with Gasteiger partial charge in [0.15, 0.2) is 11.3 Å². The number of aromatic amines is 1. The van der Waals surface area contributed by atoms with Crippen molar-refractivity contribution < 1.29 is 9.15 Å². The summed E-state index contributed by atoms with van der Waals surface area (Å²) in [6.07, 6.45) is 0. The minimum Gasteiger partial charge on any atom is -0.454 e. The summed E-state index contributed by atoms with van der Waals surface area (Å²) in [4.78, 5) is 13.7. The molecule has 3 aromatic rings. The van der Waals surface area contributed by atoms with Crippen molar-refractivity contribution in [2.24, 2.45) is 0 Å². The van der Waals surface area contributed by atoms with Gasteiger partial charge in [0.25, 0.3) is 0 Å². The van der Waals surface area contributed by atoms with Crippen LogP contribution in [0.1, 0.15) is 0 Å². The number of nitrogens with two attached hydrogens (primary N) is 1. The lowest BCUT2D eigenvalue weighted by molar-refractivity contribution is 0.482. The highest BCUT2D eigenvalue weighted by molar-refractivity contribution is 14.1. The van der Waals surface area contributed by atoms with Crippen molar-refractivity contribution in [3.63, 3.8) is 0 Å². The first-order valence-corrected chi connectivity index (χ1v) is 6.56. The number of halogens is 1. The van der Waals surface area contributed by atoms with Crippen LogP contribution in [-0.4, -0.2) is 4.98 Å². The molecule has 0 amide bonds. The Morgan fingerprint density at radius 2 is 2.00 bits per heavy atom. The average molecular weight is 368 g/mol. The van der Waals surface area contributed by atoms with Crippen LogP contribution in [0.15, 0.2) is 45.6 Å². The van der Waals surface area contributed by atoms with Crippen molar-refractivity contribution in [2.45, 2.75) is 0 Å². The Morgan fingerprint density at radius 3 is 2.79 bits per heavy atom. The average Bonchev–Trinajstić information content (AvgIpc) is 2.71. The number of para-hydroxylation sites is 1. The van der Waals surface area contributed by atoms with Crippen LogP contribution in [0.4, 0.5) is 5.69 Å². The second kappa shape index (κ2) is 4.61. The summed E-state index contributed by atoms with van der Waals surface area (Å²) in [5.41, 5.74) is 7.27. The topological polar surface area (TPSA) is 81.2 Å². The van der Waals surface area contributed by atoms with Crippen LogP contribution < -0.4 is 16.2 Å². The molecule has 0 fully saturated rings. The number of aromatic nitrogens is 1. The zero-order valence-corrected chi connectivity index (χ0v) is 11.8. The molecule has 19 heavy (non-hydrogen) atoms. The Hall–Kier alpha value is -1.96. The predicted molar refractivity (Wildman–Crippen MR) is 80.5 cm³/mol. The van der Waals surface area contributed by atoms with Crippen LogP contribution in [0.25, 0.3) is 11.1 Å². The van der Waals surface area contributed by atoms with E-state index in [1.807, 2.05) is 24.3 Å². The number of rotatable bonds is 2. The molecule has 3 rings (SSSR count). The van der Waals surface area contributed by atoms with Crippen molar-refractivity contribution in [1.29, 1.82) is 0 Å². The van der Waals surface area contributed by atoms with E-state index in [0.717, 1.165) is 3.57 Å². The van der Waals surface area contributed by atoms with E-state index in [0.29, 0.717) is 28.3 Å². The lowest BCUT2D eigenvalue weighted by Crippen LogP contribution is -1.94. The van der Waals surface area contributed by atoms with Crippen LogP contribution in [0.5, 0.6) is 11.5 Å². The fourth-order valence-electron chi connectivity index (χ4n) is 1.73. The number of anilines is 1. The molecule has 6 heteroatoms. The summed E-state index contributed by atoms with van der Waals surface area (Å²) < 4.78 is 11.7. The van der Waals surface area contributed by atoms with Crippen molar-refractivity contribution >= 4 is 39.4 Å². The standard InChI is InChI=1S/C13H9IN2O3/c14-7-3-1-2-4-10(7)18-11-6-9-12(5-8(11)15)19-13(17)16-9/h1-6H,15H2,(H,16,17). The summed E-state index contributed by atoms with van der Waals surface area (Å²) in [5.74, 6) is 0.675. The third kappa shape index (κ3) is 2.30. The number of nitrogen functional groups attached to an aromatic ring is 1. The van der Waals surface area contributed by atoms with E-state index < -0.39 is 5.76 Å². The largest absolute Gasteiger partial charge is 0.454 e. The number of benzene rings is 2. The van der Waals surface area contributed by atoms with Gasteiger partial charge in [0, 0.05) is 12.1 Å². The number of hydrogen-bond donors (Lipinski definition) is 2. The Labute approximate surface area is 121 Å². The Morgan fingerprint density at radius 1 is 1.21 bits per heavy atom. The van der Waals surface area contributed by atoms with Gasteiger partial charge in [0.1, 0.15) is 5.75 Å². The van der Waals surface area contributed by atoms with E-state index in [2.05, 4.69) is 27.6 Å². The molecule has 1 aromatic heterocycles. The van der Waals surface area contributed by atoms with Crippen molar-refractivity contribution in [3.05, 3.63) is 50.5 Å². The van der Waals surface area contributed by atoms with Gasteiger partial charge >= 0.3 is 5.76 Å². The SMILES string of the molecule is Nc1cc2oc(=O)[nH]c2cc1Oc1ccccc1I. The Kier molecular flexibility index (Phi) is 2.94. The van der Waals surface area contributed by atoms with Crippen molar-refractivity contribution in [2.75, 3.05) is 5.73 Å². The predicted octanol–water partition coefficient (Wildman–Crippen LogP) is 3.10. The summed E-state index contributed by atoms with van der Waals surface area (Å²) in [6, 6.07) is 10.8. The monoisotopic (exact) mass is 368 g/mol. The smallest absolute Gasteiger partial charge is 0.417 e. The second-order valence-electron chi connectivity index (χ2n) is 3.93. The van der Waals surface area contributed by atoms with Crippen LogP contribution >= 0.6 is 22.6 Å². The van der Waals surface area contributed by atoms with E-state index in [4.69, 9.17) is 14.9 Å². The van der Waals surface area contributed by atoms with Gasteiger partial charge in [-0.15, -0.1) is 0 Å². The lowest BCUT2D eigenvalue weighted by atomic mass is 10.2. The zero-order valence-electron chi connectivity index (χ0n) is 9.64. The number of oxazole rings is 1. The maximum absolute atomic E-state index is 11.1. The number of ether oxygens (including phenoxy) is 1. The van der Waals surface area contributed by atoms with Crippen LogP contribution in [0.2, 0.25) is 0 Å². The van der Waals surface area contributed by atoms with Gasteiger partial charge in [-0.2, -0.15) is 0 Å². The maximum atomic E-state index is 11.1. The lowest BCUT2D eigenvalue weighted by Gasteiger charge is -2.09. The first kappa shape index (κ1) is 12.1. The van der Waals surface area contributed by atoms with Crippen molar-refractivity contribution in [1.82, 2.24) is 4.98 Å². The molecular formula is C13H9IN2O3. The minimum atomic E-state index is -0.513. The molecule has 3 N–H and O–H groups in total. The highest BCUT2D eigenvalue weighted by Crippen LogP contribution is 2.32. The van der Waals surface area contributed by atoms with Gasteiger partial charge in [-0.3, -0.25) is 4.98 Å². The van der Waals surface area contributed by atoms with Gasteiger partial charge in [-0.1, -0.05) is 12.1 Å². The molecule has 0 bridgehead atoms. The molecule has 0 unspecified atom stereocenters. The molecular weight excluding hydrogens is 359 g/mol. The van der Waals surface area contributed by atoms with E-state index in [9.17, 15) is 4.79 Å². The molecule has 0 aliphatic rings. The van der Waals surface area contributed by atoms with Crippen LogP contribution in [0.3, 0.4) is 0 Å². The summed E-state index contributed by atoms with van der Waals surface area (Å²) in [7, 11) is 0. The number of fused-ring (bicyclic) bond motifs is 1. The zero-order chi connectivity index (χ0) is 13.4. The molecule has 0 aliphatic heterocycles. The van der Waals surface area contributed by atoms with Gasteiger partial charge in [-0.25, -0.2) is 4.79 Å². The molecule has 5 nitrogen and oxygen atoms in total. The highest BCUT2D eigenvalue weighted by Gasteiger charge is 2.09. The van der Waals surface area contributed by atoms with Gasteiger partial charge in [0.05, 0.1) is 14.8 Å². The molecule has 0 atom stereocenters.